The summed E-state index contributed by atoms with van der Waals surface area (Å²) in [6, 6.07) is 14.2. The molecule has 2 aromatic carbocycles. The molecule has 0 saturated heterocycles. The summed E-state index contributed by atoms with van der Waals surface area (Å²) in [5, 5.41) is 7.39. The molecular formula is C16H16ClFN2S2. The van der Waals surface area contributed by atoms with Crippen LogP contribution in [0.3, 0.4) is 0 Å². The number of halogens is 2. The van der Waals surface area contributed by atoms with Crippen LogP contribution in [0.25, 0.3) is 0 Å². The van der Waals surface area contributed by atoms with E-state index < -0.39 is 0 Å². The summed E-state index contributed by atoms with van der Waals surface area (Å²) >= 11 is 12.8. The minimum Gasteiger partial charge on any atom is -0.362 e. The molecule has 0 aliphatic heterocycles. The molecule has 0 fully saturated rings. The van der Waals surface area contributed by atoms with Gasteiger partial charge in [-0.05, 0) is 42.0 Å². The van der Waals surface area contributed by atoms with Crippen molar-refractivity contribution in [3.05, 3.63) is 64.9 Å². The molecule has 0 spiro atoms. The molecule has 116 valence electrons. The molecule has 0 bridgehead atoms. The highest BCUT2D eigenvalue weighted by molar-refractivity contribution is 7.98. The molecule has 0 atom stereocenters. The summed E-state index contributed by atoms with van der Waals surface area (Å²) in [5.41, 5.74) is 1.58. The van der Waals surface area contributed by atoms with E-state index in [4.69, 9.17) is 23.8 Å². The van der Waals surface area contributed by atoms with Gasteiger partial charge >= 0.3 is 0 Å². The molecule has 2 aromatic rings. The Morgan fingerprint density at radius 3 is 2.77 bits per heavy atom. The van der Waals surface area contributed by atoms with E-state index in [-0.39, 0.29) is 5.82 Å². The van der Waals surface area contributed by atoms with Gasteiger partial charge in [-0.15, -0.1) is 0 Å². The van der Waals surface area contributed by atoms with Crippen LogP contribution < -0.4 is 10.6 Å². The Labute approximate surface area is 144 Å². The van der Waals surface area contributed by atoms with Gasteiger partial charge in [-0.2, -0.15) is 11.8 Å². The summed E-state index contributed by atoms with van der Waals surface area (Å²) in [4.78, 5) is 0. The van der Waals surface area contributed by atoms with Gasteiger partial charge in [0, 0.05) is 28.8 Å². The smallest absolute Gasteiger partial charge is 0.170 e. The largest absolute Gasteiger partial charge is 0.362 e. The average molecular weight is 355 g/mol. The second-order valence-electron chi connectivity index (χ2n) is 4.54. The third-order valence-corrected chi connectivity index (χ3v) is 4.32. The van der Waals surface area contributed by atoms with E-state index in [1.54, 1.807) is 23.9 Å². The first-order valence-electron chi connectivity index (χ1n) is 6.77. The van der Waals surface area contributed by atoms with Crippen LogP contribution >= 0.6 is 35.6 Å². The molecule has 0 heterocycles. The molecule has 0 unspecified atom stereocenters. The van der Waals surface area contributed by atoms with Crippen molar-refractivity contribution in [2.75, 3.05) is 17.6 Å². The molecule has 0 radical (unpaired) electrons. The maximum Gasteiger partial charge on any atom is 0.170 e. The van der Waals surface area contributed by atoms with Gasteiger partial charge in [0.2, 0.25) is 0 Å². The molecule has 0 amide bonds. The Morgan fingerprint density at radius 1 is 1.18 bits per heavy atom. The number of nitrogens with one attached hydrogen (secondary N) is 2. The third-order valence-electron chi connectivity index (χ3n) is 2.83. The van der Waals surface area contributed by atoms with Gasteiger partial charge < -0.3 is 10.6 Å². The van der Waals surface area contributed by atoms with Crippen molar-refractivity contribution in [1.82, 2.24) is 5.32 Å². The Balaban J connectivity index is 1.64. The van der Waals surface area contributed by atoms with Crippen LogP contribution in [0, 0.1) is 5.82 Å². The van der Waals surface area contributed by atoms with Crippen molar-refractivity contribution >= 4 is 46.4 Å². The second kappa shape index (κ2) is 8.98. The fourth-order valence-electron chi connectivity index (χ4n) is 1.78. The highest BCUT2D eigenvalue weighted by Crippen LogP contribution is 2.15. The van der Waals surface area contributed by atoms with E-state index >= 15 is 0 Å². The molecule has 2 nitrogen and oxygen atoms in total. The first kappa shape index (κ1) is 17.1. The Morgan fingerprint density at radius 2 is 2.00 bits per heavy atom. The molecule has 0 aromatic heterocycles. The minimum atomic E-state index is -0.152. The molecule has 2 rings (SSSR count). The summed E-state index contributed by atoms with van der Waals surface area (Å²) in [5.74, 6) is 1.34. The van der Waals surface area contributed by atoms with Gasteiger partial charge in [-0.3, -0.25) is 0 Å². The maximum absolute atomic E-state index is 13.4. The quantitative estimate of drug-likeness (QED) is 0.580. The lowest BCUT2D eigenvalue weighted by Gasteiger charge is -2.10. The van der Waals surface area contributed by atoms with Crippen molar-refractivity contribution in [2.24, 2.45) is 0 Å². The zero-order valence-electron chi connectivity index (χ0n) is 11.8. The van der Waals surface area contributed by atoms with Gasteiger partial charge in [-0.25, -0.2) is 4.39 Å². The summed E-state index contributed by atoms with van der Waals surface area (Å²) in [7, 11) is 0. The number of benzene rings is 2. The van der Waals surface area contributed by atoms with Gasteiger partial charge in [0.1, 0.15) is 5.82 Å². The molecular weight excluding hydrogens is 339 g/mol. The molecule has 0 aliphatic carbocycles. The first-order valence-corrected chi connectivity index (χ1v) is 8.71. The minimum absolute atomic E-state index is 0.152. The fraction of sp³-hybridized carbons (Fsp3) is 0.188. The van der Waals surface area contributed by atoms with Crippen molar-refractivity contribution in [3.8, 4) is 0 Å². The van der Waals surface area contributed by atoms with Crippen molar-refractivity contribution in [2.45, 2.75) is 5.75 Å². The Kier molecular flexibility index (Phi) is 6.96. The monoisotopic (exact) mass is 354 g/mol. The van der Waals surface area contributed by atoms with Crippen LogP contribution in [-0.4, -0.2) is 17.4 Å². The topological polar surface area (TPSA) is 24.1 Å². The van der Waals surface area contributed by atoms with Crippen molar-refractivity contribution < 1.29 is 4.39 Å². The molecule has 6 heteroatoms. The van der Waals surface area contributed by atoms with Gasteiger partial charge in [0.25, 0.3) is 0 Å². The van der Waals surface area contributed by atoms with E-state index in [0.29, 0.717) is 22.4 Å². The highest BCUT2D eigenvalue weighted by atomic mass is 35.5. The van der Waals surface area contributed by atoms with E-state index in [2.05, 4.69) is 10.6 Å². The third kappa shape index (κ3) is 5.83. The van der Waals surface area contributed by atoms with E-state index in [1.165, 1.54) is 6.07 Å². The SMILES string of the molecule is Fc1ccccc1CSCCNC(=S)Nc1cccc(Cl)c1. The fourth-order valence-corrected chi connectivity index (χ4v) is 3.03. The lowest BCUT2D eigenvalue weighted by Crippen LogP contribution is -2.30. The zero-order chi connectivity index (χ0) is 15.8. The predicted octanol–water partition coefficient (Wildman–Crippen LogP) is 4.70. The second-order valence-corrected chi connectivity index (χ2v) is 6.49. The van der Waals surface area contributed by atoms with Crippen LogP contribution in [0.1, 0.15) is 5.56 Å². The van der Waals surface area contributed by atoms with E-state index in [0.717, 1.165) is 17.0 Å². The lowest BCUT2D eigenvalue weighted by molar-refractivity contribution is 0.617. The van der Waals surface area contributed by atoms with Crippen LogP contribution in [0.5, 0.6) is 0 Å². The van der Waals surface area contributed by atoms with Gasteiger partial charge in [0.15, 0.2) is 5.11 Å². The molecule has 2 N–H and O–H groups in total. The zero-order valence-corrected chi connectivity index (χ0v) is 14.2. The summed E-state index contributed by atoms with van der Waals surface area (Å²) < 4.78 is 13.4. The Hall–Kier alpha value is -1.30. The normalized spacial score (nSPS) is 10.3. The van der Waals surface area contributed by atoms with Crippen LogP contribution in [-0.2, 0) is 5.75 Å². The Bertz CT molecular complexity index is 637. The van der Waals surface area contributed by atoms with Crippen molar-refractivity contribution in [1.29, 1.82) is 0 Å². The van der Waals surface area contributed by atoms with Crippen LogP contribution in [0.2, 0.25) is 5.02 Å². The maximum atomic E-state index is 13.4. The standard InChI is InChI=1S/C16H16ClFN2S2/c17-13-5-3-6-14(10-13)20-16(21)19-8-9-22-11-12-4-1-2-7-15(12)18/h1-7,10H,8-9,11H2,(H2,19,20,21). The summed E-state index contributed by atoms with van der Waals surface area (Å²) in [6.45, 7) is 0.714. The highest BCUT2D eigenvalue weighted by Gasteiger charge is 2.01. The van der Waals surface area contributed by atoms with E-state index in [9.17, 15) is 4.39 Å². The average Bonchev–Trinajstić information content (AvgIpc) is 2.48. The first-order chi connectivity index (χ1) is 10.6. The van der Waals surface area contributed by atoms with Gasteiger partial charge in [-0.1, -0.05) is 35.9 Å². The van der Waals surface area contributed by atoms with Gasteiger partial charge in [0.05, 0.1) is 0 Å². The summed E-state index contributed by atoms with van der Waals surface area (Å²) in [6.07, 6.45) is 0. The predicted molar refractivity (Wildman–Crippen MR) is 98.2 cm³/mol. The van der Waals surface area contributed by atoms with Crippen molar-refractivity contribution in [3.63, 3.8) is 0 Å². The molecule has 22 heavy (non-hydrogen) atoms. The number of anilines is 1. The van der Waals surface area contributed by atoms with Crippen LogP contribution in [0.4, 0.5) is 10.1 Å². The lowest BCUT2D eigenvalue weighted by atomic mass is 10.2. The molecule has 0 aliphatic rings. The number of thioether (sulfide) groups is 1. The van der Waals surface area contributed by atoms with E-state index in [1.807, 2.05) is 30.3 Å². The number of thiocarbonyl (C=S) groups is 1. The number of hydrogen-bond donors (Lipinski definition) is 2. The van der Waals surface area contributed by atoms with Crippen LogP contribution in [0.15, 0.2) is 48.5 Å². The number of hydrogen-bond acceptors (Lipinski definition) is 2. The number of rotatable bonds is 6. The molecule has 0 saturated carbocycles.